The molecule has 2 aliphatic heterocycles. The van der Waals surface area contributed by atoms with Gasteiger partial charge in [-0.05, 0) is 12.5 Å². The van der Waals surface area contributed by atoms with E-state index in [1.165, 1.54) is 0 Å². The number of hydrogen-bond acceptors (Lipinski definition) is 5. The minimum absolute atomic E-state index is 0.0147. The molecule has 2 heterocycles. The Labute approximate surface area is 134 Å². The van der Waals surface area contributed by atoms with E-state index in [4.69, 9.17) is 0 Å². The fraction of sp³-hybridized carbons (Fsp3) is 0.533. The van der Waals surface area contributed by atoms with Gasteiger partial charge in [0.1, 0.15) is 5.69 Å². The number of benzene rings is 1. The van der Waals surface area contributed by atoms with Crippen LogP contribution in [0.5, 0.6) is 0 Å². The number of carbonyl (C=O) groups is 1. The second-order valence-electron chi connectivity index (χ2n) is 6.04. The zero-order chi connectivity index (χ0) is 16.6. The Morgan fingerprint density at radius 2 is 1.96 bits per heavy atom. The van der Waals surface area contributed by atoms with E-state index in [-0.39, 0.29) is 16.6 Å². The normalized spacial score (nSPS) is 16.8. The van der Waals surface area contributed by atoms with Gasteiger partial charge in [0, 0.05) is 64.1 Å². The summed E-state index contributed by atoms with van der Waals surface area (Å²) in [5.74, 6) is 0. The van der Waals surface area contributed by atoms with E-state index in [0.717, 1.165) is 29.9 Å². The Morgan fingerprint density at radius 1 is 1.26 bits per heavy atom. The molecule has 0 aliphatic carbocycles. The van der Waals surface area contributed by atoms with E-state index >= 15 is 0 Å². The van der Waals surface area contributed by atoms with Crippen LogP contribution in [-0.2, 0) is 6.42 Å². The average Bonchev–Trinajstić information content (AvgIpc) is 3.01. The summed E-state index contributed by atoms with van der Waals surface area (Å²) in [5.41, 5.74) is 2.87. The van der Waals surface area contributed by atoms with E-state index in [9.17, 15) is 14.9 Å². The predicted octanol–water partition coefficient (Wildman–Crippen LogP) is 1.37. The molecule has 1 aromatic carbocycles. The molecule has 124 valence electrons. The average molecular weight is 319 g/mol. The van der Waals surface area contributed by atoms with Gasteiger partial charge in [0.2, 0.25) is 0 Å². The third kappa shape index (κ3) is 2.76. The number of piperazine rings is 1. The van der Waals surface area contributed by atoms with Gasteiger partial charge < -0.3 is 20.0 Å². The molecule has 0 bridgehead atoms. The largest absolute Gasteiger partial charge is 0.384 e. The molecule has 3 rings (SSSR count). The SMILES string of the molecule is CN(C)C(=O)N1CCN(c2c([N+](=O)[O-])ccc3c2CCN3)CC1. The zero-order valence-electron chi connectivity index (χ0n) is 13.4. The van der Waals surface area contributed by atoms with Crippen molar-refractivity contribution in [1.82, 2.24) is 9.80 Å². The van der Waals surface area contributed by atoms with Crippen molar-refractivity contribution in [3.05, 3.63) is 27.8 Å². The summed E-state index contributed by atoms with van der Waals surface area (Å²) in [6, 6.07) is 3.35. The fourth-order valence-electron chi connectivity index (χ4n) is 3.27. The van der Waals surface area contributed by atoms with E-state index in [1.807, 2.05) is 4.90 Å². The van der Waals surface area contributed by atoms with Crippen molar-refractivity contribution in [3.63, 3.8) is 0 Å². The fourth-order valence-corrected chi connectivity index (χ4v) is 3.27. The molecular weight excluding hydrogens is 298 g/mol. The maximum Gasteiger partial charge on any atom is 0.319 e. The number of hydrogen-bond donors (Lipinski definition) is 1. The third-order valence-electron chi connectivity index (χ3n) is 4.40. The smallest absolute Gasteiger partial charge is 0.319 e. The molecule has 0 atom stereocenters. The zero-order valence-corrected chi connectivity index (χ0v) is 13.4. The standard InChI is InChI=1S/C15H21N5O3/c1-17(2)15(21)19-9-7-18(8-10-19)14-11-5-6-16-12(11)3-4-13(14)20(22)23/h3-4,16H,5-10H2,1-2H3. The molecule has 8 heteroatoms. The van der Waals surface area contributed by atoms with Crippen LogP contribution in [-0.4, -0.2) is 67.6 Å². The lowest BCUT2D eigenvalue weighted by atomic mass is 10.1. The lowest BCUT2D eigenvalue weighted by Crippen LogP contribution is -2.51. The first-order valence-electron chi connectivity index (χ1n) is 7.74. The van der Waals surface area contributed by atoms with Crippen molar-refractivity contribution in [3.8, 4) is 0 Å². The third-order valence-corrected chi connectivity index (χ3v) is 4.40. The first-order chi connectivity index (χ1) is 11.0. The number of amides is 2. The molecule has 1 N–H and O–H groups in total. The number of nitrogens with zero attached hydrogens (tertiary/aromatic N) is 4. The number of urea groups is 1. The lowest BCUT2D eigenvalue weighted by Gasteiger charge is -2.37. The second kappa shape index (κ2) is 5.94. The van der Waals surface area contributed by atoms with Crippen LogP contribution in [0.2, 0.25) is 0 Å². The summed E-state index contributed by atoms with van der Waals surface area (Å²) < 4.78 is 0. The van der Waals surface area contributed by atoms with Crippen LogP contribution < -0.4 is 10.2 Å². The number of anilines is 2. The van der Waals surface area contributed by atoms with Crippen molar-refractivity contribution in [2.24, 2.45) is 0 Å². The number of rotatable bonds is 2. The first-order valence-corrected chi connectivity index (χ1v) is 7.74. The summed E-state index contributed by atoms with van der Waals surface area (Å²) in [7, 11) is 3.46. The van der Waals surface area contributed by atoms with Gasteiger partial charge in [0.25, 0.3) is 5.69 Å². The summed E-state index contributed by atoms with van der Waals surface area (Å²) >= 11 is 0. The first kappa shape index (κ1) is 15.4. The molecule has 1 saturated heterocycles. The predicted molar refractivity (Wildman–Crippen MR) is 88.2 cm³/mol. The highest BCUT2D eigenvalue weighted by Gasteiger charge is 2.30. The summed E-state index contributed by atoms with van der Waals surface area (Å²) in [5, 5.41) is 14.7. The molecular formula is C15H21N5O3. The number of fused-ring (bicyclic) bond motifs is 1. The van der Waals surface area contributed by atoms with Crippen LogP contribution in [0.15, 0.2) is 12.1 Å². The Bertz CT molecular complexity index is 638. The Hall–Kier alpha value is -2.51. The highest BCUT2D eigenvalue weighted by molar-refractivity contribution is 5.79. The molecule has 0 aromatic heterocycles. The van der Waals surface area contributed by atoms with E-state index < -0.39 is 0 Å². The molecule has 0 radical (unpaired) electrons. The van der Waals surface area contributed by atoms with Crippen LogP contribution in [0.1, 0.15) is 5.56 Å². The van der Waals surface area contributed by atoms with Gasteiger partial charge in [-0.25, -0.2) is 4.79 Å². The van der Waals surface area contributed by atoms with Gasteiger partial charge >= 0.3 is 6.03 Å². The minimum atomic E-state index is -0.314. The Kier molecular flexibility index (Phi) is 3.97. The highest BCUT2D eigenvalue weighted by atomic mass is 16.6. The maximum absolute atomic E-state index is 12.0. The van der Waals surface area contributed by atoms with Gasteiger partial charge in [-0.2, -0.15) is 0 Å². The van der Waals surface area contributed by atoms with Crippen molar-refractivity contribution < 1.29 is 9.72 Å². The highest BCUT2D eigenvalue weighted by Crippen LogP contribution is 2.39. The van der Waals surface area contributed by atoms with Crippen LogP contribution in [0.3, 0.4) is 0 Å². The van der Waals surface area contributed by atoms with Crippen molar-refractivity contribution >= 4 is 23.1 Å². The monoisotopic (exact) mass is 319 g/mol. The molecule has 8 nitrogen and oxygen atoms in total. The molecule has 2 amide bonds. The van der Waals surface area contributed by atoms with E-state index in [2.05, 4.69) is 5.32 Å². The van der Waals surface area contributed by atoms with Crippen molar-refractivity contribution in [1.29, 1.82) is 0 Å². The van der Waals surface area contributed by atoms with Crippen molar-refractivity contribution in [2.75, 3.05) is 57.0 Å². The molecule has 2 aliphatic rings. The Morgan fingerprint density at radius 3 is 2.57 bits per heavy atom. The van der Waals surface area contributed by atoms with Crippen LogP contribution >= 0.6 is 0 Å². The molecule has 0 unspecified atom stereocenters. The number of carbonyl (C=O) groups excluding carboxylic acids is 1. The molecule has 0 saturated carbocycles. The second-order valence-corrected chi connectivity index (χ2v) is 6.04. The molecule has 1 fully saturated rings. The molecule has 0 spiro atoms. The Balaban J connectivity index is 1.85. The summed E-state index contributed by atoms with van der Waals surface area (Å²) in [6.45, 7) is 3.17. The minimum Gasteiger partial charge on any atom is -0.384 e. The van der Waals surface area contributed by atoms with Gasteiger partial charge in [-0.15, -0.1) is 0 Å². The number of nitrogens with one attached hydrogen (secondary N) is 1. The number of nitro groups is 1. The van der Waals surface area contributed by atoms with Crippen LogP contribution in [0, 0.1) is 10.1 Å². The summed E-state index contributed by atoms with van der Waals surface area (Å²) in [6.07, 6.45) is 0.795. The maximum atomic E-state index is 12.0. The van der Waals surface area contributed by atoms with E-state index in [1.54, 1.807) is 36.0 Å². The lowest BCUT2D eigenvalue weighted by molar-refractivity contribution is -0.384. The van der Waals surface area contributed by atoms with Gasteiger partial charge in [0.15, 0.2) is 0 Å². The van der Waals surface area contributed by atoms with Gasteiger partial charge in [0.05, 0.1) is 4.92 Å². The van der Waals surface area contributed by atoms with Crippen molar-refractivity contribution in [2.45, 2.75) is 6.42 Å². The quantitative estimate of drug-likeness (QED) is 0.657. The summed E-state index contributed by atoms with van der Waals surface area (Å²) in [4.78, 5) is 28.5. The number of nitro benzene ring substituents is 1. The van der Waals surface area contributed by atoms with Gasteiger partial charge in [-0.1, -0.05) is 0 Å². The molecule has 23 heavy (non-hydrogen) atoms. The van der Waals surface area contributed by atoms with Crippen LogP contribution in [0.4, 0.5) is 21.9 Å². The van der Waals surface area contributed by atoms with Gasteiger partial charge in [-0.3, -0.25) is 10.1 Å². The van der Waals surface area contributed by atoms with Crippen LogP contribution in [0.25, 0.3) is 0 Å². The van der Waals surface area contributed by atoms with E-state index in [0.29, 0.717) is 26.2 Å². The topological polar surface area (TPSA) is 82.0 Å². The molecule has 1 aromatic rings.